The molecule has 0 aromatic rings. The van der Waals surface area contributed by atoms with Crippen molar-refractivity contribution in [3.05, 3.63) is 46.3 Å². The highest BCUT2D eigenvalue weighted by atomic mass is 16.6. The molecule has 11 heavy (non-hydrogen) atoms. The van der Waals surface area contributed by atoms with Gasteiger partial charge < -0.3 is 5.73 Å². The van der Waals surface area contributed by atoms with E-state index in [1.54, 1.807) is 6.92 Å². The standard InChI is InChI=1S/C7H10N2O2/c1-3-7(9(10)11)5-4-6(2)8/h3-5H,1,8H2,2H3/b6-4+,7-5+. The van der Waals surface area contributed by atoms with Gasteiger partial charge in [0.2, 0.25) is 0 Å². The Hall–Kier alpha value is -1.58. The molecule has 0 aromatic carbocycles. The minimum absolute atomic E-state index is 0.0604. The number of nitro groups is 1. The van der Waals surface area contributed by atoms with E-state index in [2.05, 4.69) is 6.58 Å². The minimum atomic E-state index is -0.521. The molecule has 4 nitrogen and oxygen atoms in total. The zero-order chi connectivity index (χ0) is 8.85. The van der Waals surface area contributed by atoms with Crippen LogP contribution in [-0.4, -0.2) is 4.92 Å². The Morgan fingerprint density at radius 3 is 2.45 bits per heavy atom. The van der Waals surface area contributed by atoms with Crippen LogP contribution in [0, 0.1) is 10.1 Å². The smallest absolute Gasteiger partial charge is 0.268 e. The largest absolute Gasteiger partial charge is 0.402 e. The third kappa shape index (κ3) is 3.91. The van der Waals surface area contributed by atoms with Gasteiger partial charge in [-0.25, -0.2) is 0 Å². The molecule has 0 heterocycles. The van der Waals surface area contributed by atoms with Crippen LogP contribution < -0.4 is 5.73 Å². The summed E-state index contributed by atoms with van der Waals surface area (Å²) in [4.78, 5) is 9.62. The van der Waals surface area contributed by atoms with Crippen LogP contribution in [0.2, 0.25) is 0 Å². The summed E-state index contributed by atoms with van der Waals surface area (Å²) in [7, 11) is 0. The van der Waals surface area contributed by atoms with Crippen molar-refractivity contribution in [1.82, 2.24) is 0 Å². The Labute approximate surface area is 64.9 Å². The number of hydrogen-bond acceptors (Lipinski definition) is 3. The second-order valence-electron chi connectivity index (χ2n) is 1.96. The molecule has 0 amide bonds. The molecule has 0 atom stereocenters. The highest BCUT2D eigenvalue weighted by molar-refractivity contribution is 5.17. The molecule has 4 heteroatoms. The van der Waals surface area contributed by atoms with Crippen LogP contribution in [0.25, 0.3) is 0 Å². The van der Waals surface area contributed by atoms with Gasteiger partial charge >= 0.3 is 0 Å². The fourth-order valence-electron chi connectivity index (χ4n) is 0.420. The van der Waals surface area contributed by atoms with Gasteiger partial charge in [0.05, 0.1) is 4.92 Å². The van der Waals surface area contributed by atoms with Gasteiger partial charge in [-0.15, -0.1) is 0 Å². The lowest BCUT2D eigenvalue weighted by Crippen LogP contribution is -1.95. The van der Waals surface area contributed by atoms with Crippen LogP contribution in [0.5, 0.6) is 0 Å². The van der Waals surface area contributed by atoms with E-state index in [1.165, 1.54) is 18.2 Å². The topological polar surface area (TPSA) is 69.2 Å². The van der Waals surface area contributed by atoms with Crippen LogP contribution in [0.1, 0.15) is 6.92 Å². The Morgan fingerprint density at radius 2 is 2.18 bits per heavy atom. The van der Waals surface area contributed by atoms with Crippen LogP contribution in [0.4, 0.5) is 0 Å². The molecule has 0 aromatic heterocycles. The summed E-state index contributed by atoms with van der Waals surface area (Å²) in [5.74, 6) is 0. The maximum Gasteiger partial charge on any atom is 0.268 e. The first-order chi connectivity index (χ1) is 5.07. The van der Waals surface area contributed by atoms with Crippen LogP contribution in [-0.2, 0) is 0 Å². The maximum atomic E-state index is 10.1. The molecule has 0 saturated carbocycles. The van der Waals surface area contributed by atoms with E-state index in [1.807, 2.05) is 0 Å². The van der Waals surface area contributed by atoms with Crippen LogP contribution >= 0.6 is 0 Å². The van der Waals surface area contributed by atoms with E-state index in [9.17, 15) is 10.1 Å². The predicted molar refractivity (Wildman–Crippen MR) is 43.2 cm³/mol. The second kappa shape index (κ2) is 4.27. The van der Waals surface area contributed by atoms with Crippen molar-refractivity contribution in [2.45, 2.75) is 6.92 Å². The molecule has 0 spiro atoms. The number of allylic oxidation sites excluding steroid dienone is 4. The highest BCUT2D eigenvalue weighted by Crippen LogP contribution is 1.97. The zero-order valence-electron chi connectivity index (χ0n) is 6.28. The minimum Gasteiger partial charge on any atom is -0.402 e. The quantitative estimate of drug-likeness (QED) is 0.377. The molecule has 0 radical (unpaired) electrons. The maximum absolute atomic E-state index is 10.1. The Morgan fingerprint density at radius 1 is 1.64 bits per heavy atom. The van der Waals surface area contributed by atoms with E-state index in [4.69, 9.17) is 5.73 Å². The zero-order valence-corrected chi connectivity index (χ0v) is 6.28. The molecule has 0 aliphatic heterocycles. The summed E-state index contributed by atoms with van der Waals surface area (Å²) in [6.45, 7) is 4.93. The van der Waals surface area contributed by atoms with Gasteiger partial charge in [0.1, 0.15) is 0 Å². The van der Waals surface area contributed by atoms with Gasteiger partial charge in [-0.2, -0.15) is 0 Å². The molecule has 0 rings (SSSR count). The van der Waals surface area contributed by atoms with E-state index in [-0.39, 0.29) is 5.70 Å². The van der Waals surface area contributed by atoms with Gasteiger partial charge in [0.25, 0.3) is 5.70 Å². The number of rotatable bonds is 3. The highest BCUT2D eigenvalue weighted by Gasteiger charge is 2.00. The summed E-state index contributed by atoms with van der Waals surface area (Å²) in [5, 5.41) is 10.1. The first-order valence-corrected chi connectivity index (χ1v) is 2.99. The number of hydrogen-bond donors (Lipinski definition) is 1. The van der Waals surface area contributed by atoms with Gasteiger partial charge in [0.15, 0.2) is 0 Å². The molecule has 2 N–H and O–H groups in total. The Kier molecular flexibility index (Phi) is 3.66. The lowest BCUT2D eigenvalue weighted by Gasteiger charge is -1.87. The molecule has 0 aliphatic carbocycles. The van der Waals surface area contributed by atoms with E-state index in [0.29, 0.717) is 5.70 Å². The number of nitrogens with zero attached hydrogens (tertiary/aromatic N) is 1. The summed E-state index contributed by atoms with van der Waals surface area (Å²) in [6.07, 6.45) is 3.93. The van der Waals surface area contributed by atoms with Crippen LogP contribution in [0.3, 0.4) is 0 Å². The lowest BCUT2D eigenvalue weighted by atomic mass is 10.3. The van der Waals surface area contributed by atoms with E-state index in [0.717, 1.165) is 0 Å². The van der Waals surface area contributed by atoms with Gasteiger partial charge in [-0.3, -0.25) is 10.1 Å². The van der Waals surface area contributed by atoms with Gasteiger partial charge in [0, 0.05) is 17.8 Å². The molecule has 0 fully saturated rings. The molecule has 0 unspecified atom stereocenters. The molecule has 0 bridgehead atoms. The number of nitrogens with two attached hydrogens (primary N) is 1. The van der Waals surface area contributed by atoms with Gasteiger partial charge in [-0.1, -0.05) is 6.58 Å². The Bertz CT molecular complexity index is 225. The van der Waals surface area contributed by atoms with Crippen molar-refractivity contribution in [3.63, 3.8) is 0 Å². The molecule has 60 valence electrons. The van der Waals surface area contributed by atoms with Crippen molar-refractivity contribution in [1.29, 1.82) is 0 Å². The fraction of sp³-hybridized carbons (Fsp3) is 0.143. The average molecular weight is 154 g/mol. The van der Waals surface area contributed by atoms with E-state index < -0.39 is 4.92 Å². The SMILES string of the molecule is C=C/C(=C\C=C(/C)N)[N+](=O)[O-]. The molecule has 0 saturated heterocycles. The summed E-state index contributed by atoms with van der Waals surface area (Å²) in [5.41, 5.74) is 5.71. The first kappa shape index (κ1) is 9.42. The molecular formula is C7H10N2O2. The second-order valence-corrected chi connectivity index (χ2v) is 1.96. The lowest BCUT2D eigenvalue weighted by molar-refractivity contribution is -0.418. The summed E-state index contributed by atoms with van der Waals surface area (Å²) >= 11 is 0. The van der Waals surface area contributed by atoms with E-state index >= 15 is 0 Å². The molecule has 0 aliphatic rings. The average Bonchev–Trinajstić information content (AvgIpc) is 1.87. The normalized spacial score (nSPS) is 12.8. The van der Waals surface area contributed by atoms with Crippen molar-refractivity contribution in [3.8, 4) is 0 Å². The van der Waals surface area contributed by atoms with Crippen molar-refractivity contribution in [2.75, 3.05) is 0 Å². The predicted octanol–water partition coefficient (Wildman–Crippen LogP) is 1.20. The van der Waals surface area contributed by atoms with Crippen molar-refractivity contribution >= 4 is 0 Å². The Balaban J connectivity index is 4.50. The van der Waals surface area contributed by atoms with Crippen LogP contribution in [0.15, 0.2) is 36.2 Å². The third-order valence-electron chi connectivity index (χ3n) is 0.937. The van der Waals surface area contributed by atoms with Gasteiger partial charge in [-0.05, 0) is 13.0 Å². The first-order valence-electron chi connectivity index (χ1n) is 2.99. The molecular weight excluding hydrogens is 144 g/mol. The monoisotopic (exact) mass is 154 g/mol. The fourth-order valence-corrected chi connectivity index (χ4v) is 0.420. The third-order valence-corrected chi connectivity index (χ3v) is 0.937. The summed E-state index contributed by atoms with van der Waals surface area (Å²) < 4.78 is 0. The van der Waals surface area contributed by atoms with Crippen molar-refractivity contribution < 1.29 is 4.92 Å². The summed E-state index contributed by atoms with van der Waals surface area (Å²) in [6, 6.07) is 0. The van der Waals surface area contributed by atoms with Crippen molar-refractivity contribution in [2.24, 2.45) is 5.73 Å².